The summed E-state index contributed by atoms with van der Waals surface area (Å²) in [7, 11) is 0. The smallest absolute Gasteiger partial charge is 0.265 e. The lowest BCUT2D eigenvalue weighted by molar-refractivity contribution is 0.103. The summed E-state index contributed by atoms with van der Waals surface area (Å²) in [4.78, 5) is 13.1. The average molecular weight is 359 g/mol. The van der Waals surface area contributed by atoms with Gasteiger partial charge >= 0.3 is 0 Å². The lowest BCUT2D eigenvalue weighted by Gasteiger charge is -2.13. The fourth-order valence-corrected chi connectivity index (χ4v) is 3.39. The molecular formula is C19H18FNO3S. The van der Waals surface area contributed by atoms with Gasteiger partial charge in [0, 0.05) is 10.8 Å². The number of amides is 1. The minimum absolute atomic E-state index is 0.267. The highest BCUT2D eigenvalue weighted by atomic mass is 32.1. The number of anilines is 1. The quantitative estimate of drug-likeness (QED) is 0.667. The summed E-state index contributed by atoms with van der Waals surface area (Å²) in [5.74, 6) is 0.641. The first-order chi connectivity index (χ1) is 12.1. The van der Waals surface area contributed by atoms with E-state index in [0.29, 0.717) is 40.7 Å². The first-order valence-corrected chi connectivity index (χ1v) is 8.82. The van der Waals surface area contributed by atoms with Gasteiger partial charge in [0.05, 0.1) is 23.8 Å². The van der Waals surface area contributed by atoms with E-state index in [0.717, 1.165) is 4.70 Å². The van der Waals surface area contributed by atoms with Crippen molar-refractivity contribution in [3.8, 4) is 11.5 Å². The number of benzene rings is 2. The summed E-state index contributed by atoms with van der Waals surface area (Å²) in [6.07, 6.45) is 0. The molecule has 4 nitrogen and oxygen atoms in total. The maximum atomic E-state index is 13.3. The fraction of sp³-hybridized carbons (Fsp3) is 0.211. The molecule has 0 atom stereocenters. The van der Waals surface area contributed by atoms with Crippen molar-refractivity contribution in [3.05, 3.63) is 53.2 Å². The lowest BCUT2D eigenvalue weighted by Crippen LogP contribution is -2.11. The molecule has 0 aliphatic heterocycles. The monoisotopic (exact) mass is 359 g/mol. The number of carbonyl (C=O) groups excluding carboxylic acids is 1. The molecule has 1 N–H and O–H groups in total. The molecule has 3 aromatic rings. The largest absolute Gasteiger partial charge is 0.494 e. The van der Waals surface area contributed by atoms with Gasteiger partial charge in [-0.15, -0.1) is 11.3 Å². The van der Waals surface area contributed by atoms with Crippen molar-refractivity contribution in [2.75, 3.05) is 18.5 Å². The Bertz CT molecular complexity index is 907. The minimum Gasteiger partial charge on any atom is -0.494 e. The summed E-state index contributed by atoms with van der Waals surface area (Å²) in [6.45, 7) is 4.79. The summed E-state index contributed by atoms with van der Waals surface area (Å²) in [5.41, 5.74) is 0.543. The molecule has 25 heavy (non-hydrogen) atoms. The zero-order valence-corrected chi connectivity index (χ0v) is 14.8. The Morgan fingerprint density at radius 2 is 1.88 bits per heavy atom. The van der Waals surface area contributed by atoms with Crippen LogP contribution in [0.5, 0.6) is 11.5 Å². The number of nitrogens with one attached hydrogen (secondary N) is 1. The van der Waals surface area contributed by atoms with E-state index in [2.05, 4.69) is 5.32 Å². The molecule has 1 amide bonds. The van der Waals surface area contributed by atoms with Crippen molar-refractivity contribution in [3.63, 3.8) is 0 Å². The van der Waals surface area contributed by atoms with E-state index >= 15 is 0 Å². The van der Waals surface area contributed by atoms with E-state index < -0.39 is 0 Å². The molecule has 1 heterocycles. The van der Waals surface area contributed by atoms with Crippen LogP contribution in [-0.2, 0) is 0 Å². The van der Waals surface area contributed by atoms with Gasteiger partial charge in [-0.2, -0.15) is 0 Å². The summed E-state index contributed by atoms with van der Waals surface area (Å²) in [6, 6.07) is 11.5. The predicted molar refractivity (Wildman–Crippen MR) is 98.5 cm³/mol. The second-order valence-electron chi connectivity index (χ2n) is 5.27. The topological polar surface area (TPSA) is 47.6 Å². The van der Waals surface area contributed by atoms with Crippen LogP contribution in [0.15, 0.2) is 42.5 Å². The van der Waals surface area contributed by atoms with Crippen molar-refractivity contribution in [2.45, 2.75) is 13.8 Å². The number of hydrogen-bond donors (Lipinski definition) is 1. The normalized spacial score (nSPS) is 10.7. The van der Waals surface area contributed by atoms with Crippen LogP contribution >= 0.6 is 11.3 Å². The standard InChI is InChI=1S/C19H18FNO3S/c1-3-23-14-6-7-16(24-4-2)15(11-14)21-19(22)18-10-12-9-13(20)5-8-17(12)25-18/h5-11H,3-4H2,1-2H3,(H,21,22). The van der Waals surface area contributed by atoms with Gasteiger partial charge in [-0.05, 0) is 55.6 Å². The number of fused-ring (bicyclic) bond motifs is 1. The van der Waals surface area contributed by atoms with Crippen molar-refractivity contribution in [1.29, 1.82) is 0 Å². The maximum absolute atomic E-state index is 13.3. The van der Waals surface area contributed by atoms with E-state index in [-0.39, 0.29) is 11.7 Å². The maximum Gasteiger partial charge on any atom is 0.265 e. The molecule has 0 saturated heterocycles. The van der Waals surface area contributed by atoms with Crippen LogP contribution in [0.25, 0.3) is 10.1 Å². The van der Waals surface area contributed by atoms with Crippen LogP contribution in [0.4, 0.5) is 10.1 Å². The molecule has 0 fully saturated rings. The van der Waals surface area contributed by atoms with Crippen LogP contribution in [0.2, 0.25) is 0 Å². The van der Waals surface area contributed by atoms with Gasteiger partial charge in [0.25, 0.3) is 5.91 Å². The molecule has 130 valence electrons. The first-order valence-electron chi connectivity index (χ1n) is 8.00. The molecule has 0 aliphatic carbocycles. The molecule has 0 saturated carbocycles. The number of ether oxygens (including phenoxy) is 2. The number of halogens is 1. The van der Waals surface area contributed by atoms with Crippen molar-refractivity contribution >= 4 is 33.0 Å². The Hall–Kier alpha value is -2.60. The van der Waals surface area contributed by atoms with Crippen LogP contribution in [0, 0.1) is 5.82 Å². The Kier molecular flexibility index (Phi) is 5.19. The molecule has 2 aromatic carbocycles. The number of rotatable bonds is 6. The Balaban J connectivity index is 1.88. The van der Waals surface area contributed by atoms with Crippen molar-refractivity contribution < 1.29 is 18.7 Å². The minimum atomic E-state index is -0.319. The lowest BCUT2D eigenvalue weighted by atomic mass is 10.2. The van der Waals surface area contributed by atoms with Crippen LogP contribution in [0.3, 0.4) is 0 Å². The number of thiophene rings is 1. The SMILES string of the molecule is CCOc1ccc(OCC)c(NC(=O)c2cc3cc(F)ccc3s2)c1. The fourth-order valence-electron chi connectivity index (χ4n) is 2.45. The first kappa shape index (κ1) is 17.2. The highest BCUT2D eigenvalue weighted by molar-refractivity contribution is 7.20. The Labute approximate surface area is 149 Å². The molecule has 0 aliphatic rings. The molecule has 0 spiro atoms. The zero-order chi connectivity index (χ0) is 17.8. The van der Waals surface area contributed by atoms with Crippen LogP contribution in [0.1, 0.15) is 23.5 Å². The predicted octanol–water partition coefficient (Wildman–Crippen LogP) is 5.09. The van der Waals surface area contributed by atoms with Crippen LogP contribution in [-0.4, -0.2) is 19.1 Å². The highest BCUT2D eigenvalue weighted by Gasteiger charge is 2.14. The van der Waals surface area contributed by atoms with E-state index in [1.54, 1.807) is 30.3 Å². The van der Waals surface area contributed by atoms with Gasteiger partial charge in [-0.1, -0.05) is 0 Å². The van der Waals surface area contributed by atoms with Gasteiger partial charge in [-0.3, -0.25) is 4.79 Å². The molecular weight excluding hydrogens is 341 g/mol. The van der Waals surface area contributed by atoms with Gasteiger partial charge in [-0.25, -0.2) is 4.39 Å². The molecule has 0 radical (unpaired) electrons. The van der Waals surface area contributed by atoms with E-state index in [1.807, 2.05) is 13.8 Å². The van der Waals surface area contributed by atoms with E-state index in [1.165, 1.54) is 23.5 Å². The molecule has 0 unspecified atom stereocenters. The molecule has 6 heteroatoms. The zero-order valence-electron chi connectivity index (χ0n) is 14.0. The van der Waals surface area contributed by atoms with Crippen LogP contribution < -0.4 is 14.8 Å². The third kappa shape index (κ3) is 3.91. The van der Waals surface area contributed by atoms with Crippen molar-refractivity contribution in [2.24, 2.45) is 0 Å². The van der Waals surface area contributed by atoms with E-state index in [4.69, 9.17) is 9.47 Å². The summed E-state index contributed by atoms with van der Waals surface area (Å²) >= 11 is 1.32. The van der Waals surface area contributed by atoms with Crippen molar-refractivity contribution in [1.82, 2.24) is 0 Å². The average Bonchev–Trinajstić information content (AvgIpc) is 3.01. The van der Waals surface area contributed by atoms with E-state index in [9.17, 15) is 9.18 Å². The third-order valence-corrected chi connectivity index (χ3v) is 4.63. The molecule has 3 rings (SSSR count). The highest BCUT2D eigenvalue weighted by Crippen LogP contribution is 2.32. The Morgan fingerprint density at radius 1 is 1.08 bits per heavy atom. The third-order valence-electron chi connectivity index (χ3n) is 3.51. The number of hydrogen-bond acceptors (Lipinski definition) is 4. The number of carbonyl (C=O) groups is 1. The van der Waals surface area contributed by atoms with Gasteiger partial charge < -0.3 is 14.8 Å². The van der Waals surface area contributed by atoms with Gasteiger partial charge in [0.2, 0.25) is 0 Å². The Morgan fingerprint density at radius 3 is 2.64 bits per heavy atom. The molecule has 1 aromatic heterocycles. The van der Waals surface area contributed by atoms with Gasteiger partial charge in [0.15, 0.2) is 0 Å². The summed E-state index contributed by atoms with van der Waals surface area (Å²) < 4.78 is 25.2. The summed E-state index contributed by atoms with van der Waals surface area (Å²) in [5, 5.41) is 3.57. The van der Waals surface area contributed by atoms with Gasteiger partial charge in [0.1, 0.15) is 17.3 Å². The second-order valence-corrected chi connectivity index (χ2v) is 6.35. The molecule has 0 bridgehead atoms. The second kappa shape index (κ2) is 7.53.